The van der Waals surface area contributed by atoms with Crippen LogP contribution in [0.25, 0.3) is 0 Å². The minimum absolute atomic E-state index is 0.0596. The third-order valence-corrected chi connectivity index (χ3v) is 3.56. The number of nitrogens with two attached hydrogens (primary N) is 1. The minimum Gasteiger partial charge on any atom is -0.396 e. The van der Waals surface area contributed by atoms with Crippen molar-refractivity contribution in [3.63, 3.8) is 0 Å². The molecule has 2 heteroatoms. The van der Waals surface area contributed by atoms with Crippen LogP contribution < -0.4 is 5.73 Å². The Morgan fingerprint density at radius 3 is 1.56 bits per heavy atom. The van der Waals surface area contributed by atoms with Crippen LogP contribution in [0.3, 0.4) is 0 Å². The van der Waals surface area contributed by atoms with E-state index in [1.165, 1.54) is 0 Å². The zero-order valence-electron chi connectivity index (χ0n) is 12.0. The summed E-state index contributed by atoms with van der Waals surface area (Å²) in [7, 11) is 0. The molecule has 0 aromatic heterocycles. The molecule has 0 aliphatic heterocycles. The van der Waals surface area contributed by atoms with Crippen LogP contribution in [0.2, 0.25) is 0 Å². The fourth-order valence-corrected chi connectivity index (χ4v) is 2.91. The highest BCUT2D eigenvalue weighted by Gasteiger charge is 2.42. The molecule has 0 unspecified atom stereocenters. The summed E-state index contributed by atoms with van der Waals surface area (Å²) in [6.45, 7) is 13.4. The molecule has 0 aliphatic carbocycles. The molecule has 2 nitrogen and oxygen atoms in total. The van der Waals surface area contributed by atoms with Crippen molar-refractivity contribution in [1.82, 2.24) is 0 Å². The first kappa shape index (κ1) is 15.9. The van der Waals surface area contributed by atoms with Gasteiger partial charge in [-0.25, -0.2) is 0 Å². The van der Waals surface area contributed by atoms with Crippen LogP contribution >= 0.6 is 0 Å². The van der Waals surface area contributed by atoms with Crippen molar-refractivity contribution in [2.75, 3.05) is 6.61 Å². The predicted octanol–water partition coefficient (Wildman–Crippen LogP) is 3.18. The van der Waals surface area contributed by atoms with E-state index in [-0.39, 0.29) is 17.6 Å². The Kier molecular flexibility index (Phi) is 5.99. The second kappa shape index (κ2) is 6.02. The van der Waals surface area contributed by atoms with Crippen LogP contribution in [0, 0.1) is 17.3 Å². The maximum atomic E-state index is 9.34. The highest BCUT2D eigenvalue weighted by atomic mass is 16.3. The van der Waals surface area contributed by atoms with Crippen molar-refractivity contribution in [2.45, 2.75) is 66.3 Å². The molecule has 0 aromatic carbocycles. The summed E-state index contributed by atoms with van der Waals surface area (Å²) in [5, 5.41) is 9.34. The fraction of sp³-hybridized carbons (Fsp3) is 1.00. The van der Waals surface area contributed by atoms with E-state index < -0.39 is 0 Å². The number of rotatable bonds is 7. The molecule has 0 heterocycles. The lowest BCUT2D eigenvalue weighted by Gasteiger charge is -2.47. The lowest BCUT2D eigenvalue weighted by molar-refractivity contribution is 0.0515. The second-order valence-electron chi connectivity index (χ2n) is 6.67. The third kappa shape index (κ3) is 4.42. The van der Waals surface area contributed by atoms with Crippen molar-refractivity contribution in [3.05, 3.63) is 0 Å². The van der Waals surface area contributed by atoms with Gasteiger partial charge in [0.1, 0.15) is 0 Å². The number of hydrogen-bond donors (Lipinski definition) is 2. The maximum absolute atomic E-state index is 9.34. The summed E-state index contributed by atoms with van der Waals surface area (Å²) in [5.74, 6) is 1.24. The van der Waals surface area contributed by atoms with Gasteiger partial charge < -0.3 is 10.8 Å². The van der Waals surface area contributed by atoms with Gasteiger partial charge in [0.05, 0.1) is 0 Å². The molecule has 3 N–H and O–H groups in total. The van der Waals surface area contributed by atoms with Crippen LogP contribution in [-0.2, 0) is 0 Å². The van der Waals surface area contributed by atoms with E-state index in [4.69, 9.17) is 5.73 Å². The number of aliphatic hydroxyl groups excluding tert-OH is 1. The SMILES string of the molecule is CC(C)CC(CCO)(CC(C)C)C(C)(C)N. The molecule has 0 saturated carbocycles. The zero-order valence-corrected chi connectivity index (χ0v) is 12.0. The van der Waals surface area contributed by atoms with Gasteiger partial charge in [-0.15, -0.1) is 0 Å². The Morgan fingerprint density at radius 2 is 1.38 bits per heavy atom. The Morgan fingerprint density at radius 1 is 1.00 bits per heavy atom. The van der Waals surface area contributed by atoms with Gasteiger partial charge in [0.15, 0.2) is 0 Å². The number of hydrogen-bond acceptors (Lipinski definition) is 2. The number of aliphatic hydroxyl groups is 1. The smallest absolute Gasteiger partial charge is 0.0437 e. The van der Waals surface area contributed by atoms with Gasteiger partial charge in [0.2, 0.25) is 0 Å². The van der Waals surface area contributed by atoms with Gasteiger partial charge in [0.25, 0.3) is 0 Å². The van der Waals surface area contributed by atoms with Crippen LogP contribution in [-0.4, -0.2) is 17.3 Å². The lowest BCUT2D eigenvalue weighted by atomic mass is 9.61. The lowest BCUT2D eigenvalue weighted by Crippen LogP contribution is -2.52. The monoisotopic (exact) mass is 229 g/mol. The third-order valence-electron chi connectivity index (χ3n) is 3.56. The van der Waals surface area contributed by atoms with Gasteiger partial charge in [-0.3, -0.25) is 0 Å². The topological polar surface area (TPSA) is 46.2 Å². The minimum atomic E-state index is -0.232. The summed E-state index contributed by atoms with van der Waals surface area (Å²) in [5.41, 5.74) is 6.21. The highest BCUT2D eigenvalue weighted by molar-refractivity contribution is 4.97. The quantitative estimate of drug-likeness (QED) is 0.704. The highest BCUT2D eigenvalue weighted by Crippen LogP contribution is 2.44. The van der Waals surface area contributed by atoms with Gasteiger partial charge >= 0.3 is 0 Å². The Hall–Kier alpha value is -0.0800. The molecule has 0 aliphatic rings. The molecule has 0 atom stereocenters. The van der Waals surface area contributed by atoms with Gasteiger partial charge in [-0.2, -0.15) is 0 Å². The average molecular weight is 229 g/mol. The largest absolute Gasteiger partial charge is 0.396 e. The summed E-state index contributed by atoms with van der Waals surface area (Å²) in [4.78, 5) is 0. The molecular weight excluding hydrogens is 198 g/mol. The normalized spacial score (nSPS) is 13.9. The van der Waals surface area contributed by atoms with E-state index in [0.29, 0.717) is 11.8 Å². The molecule has 0 fully saturated rings. The van der Waals surface area contributed by atoms with E-state index in [1.54, 1.807) is 0 Å². The molecule has 0 rings (SSSR count). The summed E-state index contributed by atoms with van der Waals surface area (Å²) >= 11 is 0. The second-order valence-corrected chi connectivity index (χ2v) is 6.67. The fourth-order valence-electron chi connectivity index (χ4n) is 2.91. The average Bonchev–Trinajstić information content (AvgIpc) is 1.99. The molecule has 0 amide bonds. The molecule has 0 bridgehead atoms. The van der Waals surface area contributed by atoms with E-state index in [2.05, 4.69) is 41.5 Å². The standard InChI is InChI=1S/C14H31NO/c1-11(2)9-14(7-8-16,10-12(3)4)13(5,6)15/h11-12,16H,7-10,15H2,1-6H3. The molecule has 16 heavy (non-hydrogen) atoms. The van der Waals surface area contributed by atoms with Crippen molar-refractivity contribution in [2.24, 2.45) is 23.0 Å². The summed E-state index contributed by atoms with van der Waals surface area (Å²) in [6, 6.07) is 0. The van der Waals surface area contributed by atoms with Gasteiger partial charge in [0, 0.05) is 12.1 Å². The van der Waals surface area contributed by atoms with Crippen molar-refractivity contribution in [3.8, 4) is 0 Å². The first-order valence-electron chi connectivity index (χ1n) is 6.54. The van der Waals surface area contributed by atoms with Gasteiger partial charge in [-0.05, 0) is 50.4 Å². The molecular formula is C14H31NO. The molecule has 0 radical (unpaired) electrons. The molecule has 0 aromatic rings. The first-order valence-corrected chi connectivity index (χ1v) is 6.54. The van der Waals surface area contributed by atoms with Crippen molar-refractivity contribution < 1.29 is 5.11 Å². The van der Waals surface area contributed by atoms with E-state index in [1.807, 2.05) is 0 Å². The first-order chi connectivity index (χ1) is 7.14. The molecule has 0 saturated heterocycles. The Bertz CT molecular complexity index is 181. The molecule has 0 spiro atoms. The van der Waals surface area contributed by atoms with Crippen LogP contribution in [0.4, 0.5) is 0 Å². The van der Waals surface area contributed by atoms with Crippen LogP contribution in [0.15, 0.2) is 0 Å². The van der Waals surface area contributed by atoms with E-state index >= 15 is 0 Å². The van der Waals surface area contributed by atoms with Crippen molar-refractivity contribution >= 4 is 0 Å². The van der Waals surface area contributed by atoms with Crippen molar-refractivity contribution in [1.29, 1.82) is 0 Å². The molecule has 98 valence electrons. The Labute approximate surface area is 102 Å². The summed E-state index contributed by atoms with van der Waals surface area (Å²) < 4.78 is 0. The van der Waals surface area contributed by atoms with Crippen LogP contribution in [0.5, 0.6) is 0 Å². The van der Waals surface area contributed by atoms with E-state index in [9.17, 15) is 5.11 Å². The Balaban J connectivity index is 5.04. The summed E-state index contributed by atoms with van der Waals surface area (Å²) in [6.07, 6.45) is 3.00. The van der Waals surface area contributed by atoms with E-state index in [0.717, 1.165) is 19.3 Å². The maximum Gasteiger partial charge on any atom is 0.0437 e. The van der Waals surface area contributed by atoms with Gasteiger partial charge in [-0.1, -0.05) is 27.7 Å². The zero-order chi connectivity index (χ0) is 13.0. The predicted molar refractivity (Wildman–Crippen MR) is 71.3 cm³/mol. The van der Waals surface area contributed by atoms with Crippen LogP contribution in [0.1, 0.15) is 60.8 Å².